The molecule has 0 aliphatic rings. The van der Waals surface area contributed by atoms with Crippen molar-refractivity contribution in [3.05, 3.63) is 36.0 Å². The van der Waals surface area contributed by atoms with Crippen LogP contribution in [0.5, 0.6) is 0 Å². The molecule has 2 heteroatoms. The lowest BCUT2D eigenvalue weighted by molar-refractivity contribution is 0.523. The lowest BCUT2D eigenvalue weighted by Crippen LogP contribution is -2.23. The first-order valence-corrected chi connectivity index (χ1v) is 5.93. The normalized spacial score (nSPS) is 12.5. The summed E-state index contributed by atoms with van der Waals surface area (Å²) in [6, 6.07) is 9.11. The van der Waals surface area contributed by atoms with E-state index in [1.807, 2.05) is 0 Å². The quantitative estimate of drug-likeness (QED) is 0.626. The third-order valence-corrected chi connectivity index (χ3v) is 3.02. The summed E-state index contributed by atoms with van der Waals surface area (Å²) < 4.78 is 2.30. The van der Waals surface area contributed by atoms with Crippen molar-refractivity contribution in [2.45, 2.75) is 19.9 Å². The van der Waals surface area contributed by atoms with Crippen molar-refractivity contribution < 1.29 is 0 Å². The average molecular weight is 226 g/mol. The smallest absolute Gasteiger partial charge is 0.0574 e. The number of rotatable bonds is 4. The Morgan fingerprint density at radius 1 is 1.41 bits per heavy atom. The van der Waals surface area contributed by atoms with Crippen molar-refractivity contribution >= 4 is 10.9 Å². The number of terminal acetylenes is 1. The maximum absolute atomic E-state index is 5.22. The minimum absolute atomic E-state index is 0.405. The van der Waals surface area contributed by atoms with E-state index in [2.05, 4.69) is 60.1 Å². The van der Waals surface area contributed by atoms with Crippen LogP contribution in [0.2, 0.25) is 0 Å². The van der Waals surface area contributed by atoms with E-state index in [1.165, 1.54) is 16.5 Å². The van der Waals surface area contributed by atoms with Crippen LogP contribution in [-0.4, -0.2) is 17.7 Å². The van der Waals surface area contributed by atoms with Crippen LogP contribution in [0.1, 0.15) is 18.5 Å². The van der Waals surface area contributed by atoms with E-state index in [4.69, 9.17) is 6.42 Å². The zero-order valence-corrected chi connectivity index (χ0v) is 10.4. The van der Waals surface area contributed by atoms with Gasteiger partial charge in [0.15, 0.2) is 0 Å². The fourth-order valence-corrected chi connectivity index (χ4v) is 2.10. The number of hydrogen-bond donors (Lipinski definition) is 1. The van der Waals surface area contributed by atoms with Crippen LogP contribution in [0.15, 0.2) is 30.5 Å². The summed E-state index contributed by atoms with van der Waals surface area (Å²) in [5.74, 6) is 2.59. The summed E-state index contributed by atoms with van der Waals surface area (Å²) in [6.45, 7) is 5.84. The summed E-state index contributed by atoms with van der Waals surface area (Å²) >= 11 is 0. The molecule has 2 nitrogen and oxygen atoms in total. The molecule has 1 unspecified atom stereocenters. The number of hydrogen-bond acceptors (Lipinski definition) is 1. The molecule has 0 saturated heterocycles. The van der Waals surface area contributed by atoms with Gasteiger partial charge in [-0.15, -0.1) is 6.42 Å². The number of nitrogens with one attached hydrogen (secondary N) is 1. The number of fused-ring (bicyclic) bond motifs is 1. The zero-order chi connectivity index (χ0) is 12.3. The van der Waals surface area contributed by atoms with Gasteiger partial charge in [-0.25, -0.2) is 0 Å². The van der Waals surface area contributed by atoms with E-state index in [-0.39, 0.29) is 0 Å². The molecule has 1 heterocycles. The van der Waals surface area contributed by atoms with Crippen LogP contribution in [-0.2, 0) is 0 Å². The van der Waals surface area contributed by atoms with Crippen LogP contribution in [0.3, 0.4) is 0 Å². The van der Waals surface area contributed by atoms with E-state index >= 15 is 0 Å². The summed E-state index contributed by atoms with van der Waals surface area (Å²) in [4.78, 5) is 0. The predicted octanol–water partition coefficient (Wildman–Crippen LogP) is 2.73. The van der Waals surface area contributed by atoms with Crippen molar-refractivity contribution in [3.8, 4) is 12.3 Å². The van der Waals surface area contributed by atoms with E-state index < -0.39 is 0 Å². The Labute approximate surface area is 103 Å². The van der Waals surface area contributed by atoms with Gasteiger partial charge < -0.3 is 9.88 Å². The molecule has 0 fully saturated rings. The first-order chi connectivity index (χ1) is 8.22. The molecule has 1 aromatic heterocycles. The number of benzene rings is 1. The summed E-state index contributed by atoms with van der Waals surface area (Å²) in [7, 11) is 0. The van der Waals surface area contributed by atoms with Crippen LogP contribution in [0.25, 0.3) is 10.9 Å². The molecule has 1 aromatic carbocycles. The van der Waals surface area contributed by atoms with Crippen molar-refractivity contribution in [3.63, 3.8) is 0 Å². The molecule has 1 N–H and O–H groups in total. The molecule has 88 valence electrons. The highest BCUT2D eigenvalue weighted by atomic mass is 15.0. The molecule has 2 rings (SSSR count). The first kappa shape index (κ1) is 11.8. The molecule has 2 aromatic rings. The molecule has 17 heavy (non-hydrogen) atoms. The van der Waals surface area contributed by atoms with Gasteiger partial charge >= 0.3 is 0 Å². The predicted molar refractivity (Wildman–Crippen MR) is 73.1 cm³/mol. The van der Waals surface area contributed by atoms with E-state index in [0.29, 0.717) is 12.6 Å². The Morgan fingerprint density at radius 2 is 2.24 bits per heavy atom. The third kappa shape index (κ3) is 2.51. The SMILES string of the molecule is C#CCNCC(C)n1ccc2ccc(C)cc21. The molecule has 0 aliphatic carbocycles. The minimum atomic E-state index is 0.405. The van der Waals surface area contributed by atoms with Gasteiger partial charge in [0, 0.05) is 24.3 Å². The van der Waals surface area contributed by atoms with E-state index in [0.717, 1.165) is 6.54 Å². The molecule has 0 aliphatic heterocycles. The standard InChI is InChI=1S/C15H18N2/c1-4-8-16-11-13(3)17-9-7-14-6-5-12(2)10-15(14)17/h1,5-7,9-10,13,16H,8,11H2,2-3H3. The zero-order valence-electron chi connectivity index (χ0n) is 10.4. The topological polar surface area (TPSA) is 17.0 Å². The fraction of sp³-hybridized carbons (Fsp3) is 0.333. The summed E-state index contributed by atoms with van der Waals surface area (Å²) in [6.07, 6.45) is 7.37. The molecule has 0 radical (unpaired) electrons. The second-order valence-electron chi connectivity index (χ2n) is 4.47. The first-order valence-electron chi connectivity index (χ1n) is 5.93. The number of aryl methyl sites for hydroxylation is 1. The molecule has 0 amide bonds. The Morgan fingerprint density at radius 3 is 3.00 bits per heavy atom. The van der Waals surface area contributed by atoms with Gasteiger partial charge in [-0.1, -0.05) is 18.1 Å². The van der Waals surface area contributed by atoms with Crippen molar-refractivity contribution in [1.29, 1.82) is 0 Å². The second kappa shape index (κ2) is 5.07. The highest BCUT2D eigenvalue weighted by molar-refractivity contribution is 5.80. The van der Waals surface area contributed by atoms with Crippen molar-refractivity contribution in [2.75, 3.05) is 13.1 Å². The van der Waals surface area contributed by atoms with Crippen molar-refractivity contribution in [2.24, 2.45) is 0 Å². The van der Waals surface area contributed by atoms with Crippen LogP contribution in [0.4, 0.5) is 0 Å². The van der Waals surface area contributed by atoms with E-state index in [9.17, 15) is 0 Å². The largest absolute Gasteiger partial charge is 0.343 e. The molecular weight excluding hydrogens is 208 g/mol. The Kier molecular flexibility index (Phi) is 3.51. The van der Waals surface area contributed by atoms with Gasteiger partial charge in [0.2, 0.25) is 0 Å². The summed E-state index contributed by atoms with van der Waals surface area (Å²) in [5.41, 5.74) is 2.58. The lowest BCUT2D eigenvalue weighted by Gasteiger charge is -2.15. The monoisotopic (exact) mass is 226 g/mol. The van der Waals surface area contributed by atoms with Crippen molar-refractivity contribution in [1.82, 2.24) is 9.88 Å². The van der Waals surface area contributed by atoms with Crippen LogP contribution >= 0.6 is 0 Å². The molecule has 0 bridgehead atoms. The second-order valence-corrected chi connectivity index (χ2v) is 4.47. The highest BCUT2D eigenvalue weighted by Crippen LogP contribution is 2.20. The minimum Gasteiger partial charge on any atom is -0.343 e. The van der Waals surface area contributed by atoms with Crippen LogP contribution < -0.4 is 5.32 Å². The maximum atomic E-state index is 5.22. The van der Waals surface area contributed by atoms with Gasteiger partial charge in [0.1, 0.15) is 0 Å². The number of nitrogens with zero attached hydrogens (tertiary/aromatic N) is 1. The molecule has 0 saturated carbocycles. The van der Waals surface area contributed by atoms with Gasteiger partial charge in [-0.2, -0.15) is 0 Å². The number of aromatic nitrogens is 1. The van der Waals surface area contributed by atoms with Gasteiger partial charge in [0.25, 0.3) is 0 Å². The highest BCUT2D eigenvalue weighted by Gasteiger charge is 2.07. The van der Waals surface area contributed by atoms with Gasteiger partial charge in [-0.05, 0) is 36.9 Å². The lowest BCUT2D eigenvalue weighted by atomic mass is 10.2. The van der Waals surface area contributed by atoms with Gasteiger partial charge in [-0.3, -0.25) is 0 Å². The van der Waals surface area contributed by atoms with E-state index in [1.54, 1.807) is 0 Å². The van der Waals surface area contributed by atoms with Crippen LogP contribution in [0, 0.1) is 19.3 Å². The third-order valence-electron chi connectivity index (χ3n) is 3.02. The Hall–Kier alpha value is -1.72. The maximum Gasteiger partial charge on any atom is 0.0574 e. The average Bonchev–Trinajstić information content (AvgIpc) is 2.72. The fourth-order valence-electron chi connectivity index (χ4n) is 2.10. The Balaban J connectivity index is 2.23. The molecular formula is C15H18N2. The summed E-state index contributed by atoms with van der Waals surface area (Å²) in [5, 5.41) is 4.54. The van der Waals surface area contributed by atoms with Gasteiger partial charge in [0.05, 0.1) is 6.54 Å². The molecule has 1 atom stereocenters. The molecule has 0 spiro atoms. The Bertz CT molecular complexity index is 546.